The van der Waals surface area contributed by atoms with Crippen molar-refractivity contribution >= 4 is 0 Å². The smallest absolute Gasteiger partial charge is 0.216 e. The van der Waals surface area contributed by atoms with E-state index >= 15 is 0 Å². The van der Waals surface area contributed by atoms with Crippen LogP contribution in [0, 0.1) is 19.8 Å². The molecule has 2 rings (SSSR count). The Balaban J connectivity index is 2.11. The van der Waals surface area contributed by atoms with Crippen molar-refractivity contribution in [3.05, 3.63) is 35.9 Å². The SMILES string of the molecule is Cc1cc(-c2cnc(OC[C@@](C)(N)CC(C)C)c(C)c2)ncn1. The quantitative estimate of drug-likeness (QED) is 0.885. The molecule has 2 aromatic heterocycles. The van der Waals surface area contributed by atoms with Crippen molar-refractivity contribution in [3.63, 3.8) is 0 Å². The first-order valence-corrected chi connectivity index (χ1v) is 7.94. The zero-order valence-corrected chi connectivity index (χ0v) is 14.6. The van der Waals surface area contributed by atoms with Crippen LogP contribution in [0.15, 0.2) is 24.7 Å². The summed E-state index contributed by atoms with van der Waals surface area (Å²) in [6.45, 7) is 10.7. The third kappa shape index (κ3) is 4.99. The minimum Gasteiger partial charge on any atom is -0.476 e. The molecule has 0 bridgehead atoms. The largest absolute Gasteiger partial charge is 0.476 e. The molecular formula is C18H26N4O. The molecule has 0 aliphatic heterocycles. The lowest BCUT2D eigenvalue weighted by atomic mass is 9.93. The first-order valence-electron chi connectivity index (χ1n) is 7.94. The molecule has 0 aromatic carbocycles. The molecule has 5 heteroatoms. The Morgan fingerprint density at radius 3 is 2.52 bits per heavy atom. The van der Waals surface area contributed by atoms with E-state index in [1.54, 1.807) is 12.5 Å². The minimum absolute atomic E-state index is 0.356. The van der Waals surface area contributed by atoms with Crippen molar-refractivity contribution in [2.24, 2.45) is 11.7 Å². The maximum atomic E-state index is 6.28. The van der Waals surface area contributed by atoms with Crippen LogP contribution in [-0.2, 0) is 0 Å². The van der Waals surface area contributed by atoms with Gasteiger partial charge in [0.05, 0.1) is 5.69 Å². The second-order valence-corrected chi connectivity index (χ2v) is 6.93. The molecule has 0 aliphatic carbocycles. The van der Waals surface area contributed by atoms with Crippen molar-refractivity contribution in [2.75, 3.05) is 6.61 Å². The Bertz CT molecular complexity index is 668. The highest BCUT2D eigenvalue weighted by Gasteiger charge is 2.21. The van der Waals surface area contributed by atoms with Gasteiger partial charge in [-0.25, -0.2) is 15.0 Å². The number of hydrogen-bond acceptors (Lipinski definition) is 5. The second-order valence-electron chi connectivity index (χ2n) is 6.93. The van der Waals surface area contributed by atoms with Gasteiger partial charge in [-0.3, -0.25) is 0 Å². The molecule has 2 N–H and O–H groups in total. The van der Waals surface area contributed by atoms with Gasteiger partial charge in [0.25, 0.3) is 0 Å². The summed E-state index contributed by atoms with van der Waals surface area (Å²) >= 11 is 0. The molecule has 0 fully saturated rings. The molecule has 5 nitrogen and oxygen atoms in total. The minimum atomic E-state index is -0.356. The van der Waals surface area contributed by atoms with Crippen LogP contribution in [0.2, 0.25) is 0 Å². The van der Waals surface area contributed by atoms with Crippen molar-refractivity contribution < 1.29 is 4.74 Å². The molecule has 0 unspecified atom stereocenters. The molecule has 2 heterocycles. The van der Waals surface area contributed by atoms with Crippen LogP contribution < -0.4 is 10.5 Å². The van der Waals surface area contributed by atoms with Crippen molar-refractivity contribution in [1.82, 2.24) is 15.0 Å². The average molecular weight is 314 g/mol. The molecule has 0 saturated heterocycles. The van der Waals surface area contributed by atoms with E-state index < -0.39 is 0 Å². The first-order chi connectivity index (χ1) is 10.8. The zero-order valence-electron chi connectivity index (χ0n) is 14.6. The second kappa shape index (κ2) is 7.04. The fourth-order valence-electron chi connectivity index (χ4n) is 2.69. The van der Waals surface area contributed by atoms with Crippen LogP contribution in [0.25, 0.3) is 11.3 Å². The maximum Gasteiger partial charge on any atom is 0.216 e. The Morgan fingerprint density at radius 2 is 1.91 bits per heavy atom. The predicted octanol–water partition coefficient (Wildman–Crippen LogP) is 3.30. The number of pyridine rings is 1. The highest BCUT2D eigenvalue weighted by atomic mass is 16.5. The van der Waals surface area contributed by atoms with Crippen molar-refractivity contribution in [2.45, 2.75) is 46.6 Å². The summed E-state index contributed by atoms with van der Waals surface area (Å²) in [5.74, 6) is 1.16. The third-order valence-electron chi connectivity index (χ3n) is 3.54. The number of nitrogens with two attached hydrogens (primary N) is 1. The third-order valence-corrected chi connectivity index (χ3v) is 3.54. The van der Waals surface area contributed by atoms with Gasteiger partial charge in [-0.05, 0) is 45.2 Å². The van der Waals surface area contributed by atoms with Crippen LogP contribution in [0.3, 0.4) is 0 Å². The summed E-state index contributed by atoms with van der Waals surface area (Å²) < 4.78 is 5.85. The summed E-state index contributed by atoms with van der Waals surface area (Å²) in [7, 11) is 0. The molecule has 124 valence electrons. The van der Waals surface area contributed by atoms with E-state index in [-0.39, 0.29) is 5.54 Å². The summed E-state index contributed by atoms with van der Waals surface area (Å²) in [4.78, 5) is 12.8. The van der Waals surface area contributed by atoms with Crippen molar-refractivity contribution in [3.8, 4) is 17.1 Å². The van der Waals surface area contributed by atoms with Gasteiger partial charge >= 0.3 is 0 Å². The molecular weight excluding hydrogens is 288 g/mol. The van der Waals surface area contributed by atoms with Gasteiger partial charge in [0, 0.05) is 28.6 Å². The Morgan fingerprint density at radius 1 is 1.17 bits per heavy atom. The maximum absolute atomic E-state index is 6.28. The van der Waals surface area contributed by atoms with Crippen LogP contribution in [0.5, 0.6) is 5.88 Å². The molecule has 0 spiro atoms. The fourth-order valence-corrected chi connectivity index (χ4v) is 2.69. The Kier molecular flexibility index (Phi) is 5.31. The van der Waals surface area contributed by atoms with E-state index in [1.807, 2.05) is 32.9 Å². The van der Waals surface area contributed by atoms with Gasteiger partial charge in [0.1, 0.15) is 12.9 Å². The van der Waals surface area contributed by atoms with Gasteiger partial charge in [-0.15, -0.1) is 0 Å². The van der Waals surface area contributed by atoms with E-state index in [0.29, 0.717) is 18.4 Å². The van der Waals surface area contributed by atoms with Gasteiger partial charge in [0.15, 0.2) is 0 Å². The van der Waals surface area contributed by atoms with Gasteiger partial charge < -0.3 is 10.5 Å². The summed E-state index contributed by atoms with van der Waals surface area (Å²) in [6, 6.07) is 3.97. The number of aryl methyl sites for hydroxylation is 2. The van der Waals surface area contributed by atoms with Crippen molar-refractivity contribution in [1.29, 1.82) is 0 Å². The number of hydrogen-bond donors (Lipinski definition) is 1. The molecule has 1 atom stereocenters. The average Bonchev–Trinajstić information content (AvgIpc) is 2.44. The standard InChI is InChI=1S/C18H26N4O/c1-12(2)8-18(5,19)10-23-17-13(3)6-15(9-20-17)16-7-14(4)21-11-22-16/h6-7,9,11-12H,8,10,19H2,1-5H3/t18-/m0/s1. The van der Waals surface area contributed by atoms with Crippen LogP contribution in [-0.4, -0.2) is 27.1 Å². The highest BCUT2D eigenvalue weighted by Crippen LogP contribution is 2.23. The molecule has 0 saturated carbocycles. The molecule has 0 radical (unpaired) electrons. The van der Waals surface area contributed by atoms with Crippen LogP contribution >= 0.6 is 0 Å². The molecule has 0 aliphatic rings. The van der Waals surface area contributed by atoms with E-state index in [0.717, 1.165) is 28.9 Å². The van der Waals surface area contributed by atoms with Crippen LogP contribution in [0.1, 0.15) is 38.4 Å². The summed E-state index contributed by atoms with van der Waals surface area (Å²) in [5, 5.41) is 0. The van der Waals surface area contributed by atoms with Crippen LogP contribution in [0.4, 0.5) is 0 Å². The summed E-state index contributed by atoms with van der Waals surface area (Å²) in [6.07, 6.45) is 4.25. The Hall–Kier alpha value is -2.01. The highest BCUT2D eigenvalue weighted by molar-refractivity contribution is 5.59. The van der Waals surface area contributed by atoms with E-state index in [1.165, 1.54) is 0 Å². The number of rotatable bonds is 6. The topological polar surface area (TPSA) is 73.9 Å². The summed E-state index contributed by atoms with van der Waals surface area (Å²) in [5.41, 5.74) is 9.65. The number of ether oxygens (including phenoxy) is 1. The van der Waals surface area contributed by atoms with E-state index in [9.17, 15) is 0 Å². The molecule has 23 heavy (non-hydrogen) atoms. The monoisotopic (exact) mass is 314 g/mol. The lowest BCUT2D eigenvalue weighted by molar-refractivity contribution is 0.199. The van der Waals surface area contributed by atoms with Gasteiger partial charge in [0.2, 0.25) is 5.88 Å². The van der Waals surface area contributed by atoms with Gasteiger partial charge in [-0.1, -0.05) is 13.8 Å². The number of nitrogens with zero attached hydrogens (tertiary/aromatic N) is 3. The zero-order chi connectivity index (χ0) is 17.0. The van der Waals surface area contributed by atoms with Gasteiger partial charge in [-0.2, -0.15) is 0 Å². The Labute approximate surface area is 138 Å². The predicted molar refractivity (Wildman–Crippen MR) is 92.3 cm³/mol. The lowest BCUT2D eigenvalue weighted by Gasteiger charge is -2.26. The first kappa shape index (κ1) is 17.3. The normalized spacial score (nSPS) is 13.9. The number of aromatic nitrogens is 3. The van der Waals surface area contributed by atoms with E-state index in [4.69, 9.17) is 10.5 Å². The fraction of sp³-hybridized carbons (Fsp3) is 0.500. The van der Waals surface area contributed by atoms with E-state index in [2.05, 4.69) is 28.8 Å². The molecule has 0 amide bonds. The molecule has 2 aromatic rings. The lowest BCUT2D eigenvalue weighted by Crippen LogP contribution is -2.43.